The Labute approximate surface area is 495 Å². The molecule has 13 N–H and O–H groups in total. The van der Waals surface area contributed by atoms with Gasteiger partial charge in [0.15, 0.2) is 5.78 Å². The number of ketones is 1. The number of aliphatic hydroxyl groups is 1. The number of phenols is 1. The number of halogens is 1. The minimum Gasteiger partial charge on any atom is -0.506 e. The molecule has 2 aliphatic rings. The van der Waals surface area contributed by atoms with E-state index < -0.39 is 145 Å². The Bertz CT molecular complexity index is 3000. The van der Waals surface area contributed by atoms with Crippen LogP contribution in [-0.2, 0) is 78.4 Å². The van der Waals surface area contributed by atoms with Crippen LogP contribution in [0.25, 0.3) is 0 Å². The Hall–Kier alpha value is -8.02. The number of phenolic OH excluding ortho intramolecular Hbond substituents is 1. The Morgan fingerprint density at radius 2 is 1.33 bits per heavy atom. The number of aromatic amines is 2. The molecule has 9 amide bonds. The van der Waals surface area contributed by atoms with Crippen molar-refractivity contribution in [3.63, 3.8) is 0 Å². The van der Waals surface area contributed by atoms with Crippen LogP contribution in [0.1, 0.15) is 69.5 Å². The fourth-order valence-electron chi connectivity index (χ4n) is 9.25. The smallest absolute Gasteiger partial charge is 0.305 e. The predicted molar refractivity (Wildman–Crippen MR) is 306 cm³/mol. The molecule has 4 aromatic rings. The van der Waals surface area contributed by atoms with Gasteiger partial charge in [-0.2, -0.15) is 0 Å². The number of H-pyrrole nitrogens is 2. The van der Waals surface area contributed by atoms with Gasteiger partial charge in [0.1, 0.15) is 54.1 Å². The van der Waals surface area contributed by atoms with Crippen LogP contribution in [0.15, 0.2) is 73.6 Å². The molecule has 2 aromatic heterocycles. The molecule has 84 heavy (non-hydrogen) atoms. The summed E-state index contributed by atoms with van der Waals surface area (Å²) in [6, 6.07) is -0.785. The van der Waals surface area contributed by atoms with Gasteiger partial charge in [-0.1, -0.05) is 83.4 Å². The molecule has 2 aliphatic heterocycles. The highest BCUT2D eigenvalue weighted by atomic mass is 35.5. The second kappa shape index (κ2) is 31.0. The lowest BCUT2D eigenvalue weighted by Gasteiger charge is -2.31. The monoisotopic (exact) mass is 1220 g/mol. The van der Waals surface area contributed by atoms with E-state index in [1.165, 1.54) is 57.1 Å². The fourth-order valence-corrected chi connectivity index (χ4v) is 11.8. The standard InChI is InChI=1S/C54H68ClN13O14S2/c1-27(2)12-37-47(75)66-42(52(80)61-36(28(3)69)16-32-20-56-25-58-32)23-83-84-24-43(67-50(78)40(17-33-21-57-26-59-33)63-48(76)38(60-29(4)70)14-30-8-6-5-7-9-30)54(82)68-22-34(71)18-44(68)53(81)65-39(15-31-10-11-45(72)35(55)13-31)49(77)64-41(19-46(73)74)51(79)62-37/h5-11,13,20-21,25-27,34,36-44,71-72H,12,14-19,22-24H2,1-4H3,(H,56,58)(H,57,59)(H,60,70)(H,61,80)(H,62,79)(H,63,76)(H,64,77)(H,65,81)(H,66,75)(H,67,78)(H,73,74)/t34?,36-,37-,38-,39-,40-,41-,42-,43-,44?/m0/s1. The highest BCUT2D eigenvalue weighted by Gasteiger charge is 2.44. The quantitative estimate of drug-likeness (QED) is 0.0478. The molecular weight excluding hydrogens is 1150 g/mol. The zero-order valence-corrected chi connectivity index (χ0v) is 48.6. The van der Waals surface area contributed by atoms with Crippen molar-refractivity contribution in [2.24, 2.45) is 5.92 Å². The van der Waals surface area contributed by atoms with Crippen LogP contribution >= 0.6 is 33.2 Å². The summed E-state index contributed by atoms with van der Waals surface area (Å²) in [5.74, 6) is -11.5. The Morgan fingerprint density at radius 1 is 0.726 bits per heavy atom. The second-order valence-corrected chi connectivity index (χ2v) is 23.7. The van der Waals surface area contributed by atoms with Crippen molar-refractivity contribution < 1.29 is 68.1 Å². The molecular formula is C54H68ClN13O14S2. The molecule has 2 aromatic carbocycles. The number of nitrogens with zero attached hydrogens (tertiary/aromatic N) is 3. The average molecular weight is 1220 g/mol. The van der Waals surface area contributed by atoms with E-state index in [-0.39, 0.29) is 65.9 Å². The largest absolute Gasteiger partial charge is 0.506 e. The van der Waals surface area contributed by atoms with E-state index in [1.807, 2.05) is 0 Å². The molecule has 4 heterocycles. The lowest BCUT2D eigenvalue weighted by molar-refractivity contribution is -0.142. The van der Waals surface area contributed by atoms with Gasteiger partial charge in [0.2, 0.25) is 53.2 Å². The molecule has 0 bridgehead atoms. The number of Topliss-reactive ketones (excluding diaryl/α,β-unsaturated/α-hetero) is 1. The van der Waals surface area contributed by atoms with Crippen molar-refractivity contribution in [3.8, 4) is 5.75 Å². The maximum Gasteiger partial charge on any atom is 0.305 e. The number of rotatable bonds is 20. The number of imidazole rings is 2. The number of carbonyl (C=O) groups is 11. The first-order chi connectivity index (χ1) is 39.9. The summed E-state index contributed by atoms with van der Waals surface area (Å²) in [4.78, 5) is 168. The first-order valence-electron chi connectivity index (χ1n) is 26.7. The van der Waals surface area contributed by atoms with Gasteiger partial charge in [0.25, 0.3) is 0 Å². The molecule has 10 atom stereocenters. The zero-order valence-electron chi connectivity index (χ0n) is 46.2. The number of hydrogen-bond donors (Lipinski definition) is 13. The summed E-state index contributed by atoms with van der Waals surface area (Å²) < 4.78 is 0. The van der Waals surface area contributed by atoms with Crippen LogP contribution < -0.4 is 42.5 Å². The number of fused-ring (bicyclic) bond motifs is 1. The number of aliphatic carboxylic acids is 1. The van der Waals surface area contributed by atoms with Crippen LogP contribution in [0.2, 0.25) is 5.02 Å². The summed E-state index contributed by atoms with van der Waals surface area (Å²) >= 11 is 6.22. The average Bonchev–Trinajstić information content (AvgIpc) is 3.91. The third-order valence-corrected chi connectivity index (χ3v) is 16.2. The number of amides is 9. The van der Waals surface area contributed by atoms with E-state index in [4.69, 9.17) is 11.6 Å². The van der Waals surface area contributed by atoms with Gasteiger partial charge in [0, 0.05) is 80.9 Å². The Kier molecular flexibility index (Phi) is 24.1. The summed E-state index contributed by atoms with van der Waals surface area (Å²) in [7, 11) is 1.87. The number of carbonyl (C=O) groups excluding carboxylic acids is 10. The van der Waals surface area contributed by atoms with Crippen molar-refractivity contribution in [2.75, 3.05) is 18.1 Å². The van der Waals surface area contributed by atoms with Gasteiger partial charge in [-0.15, -0.1) is 0 Å². The van der Waals surface area contributed by atoms with E-state index >= 15 is 4.79 Å². The van der Waals surface area contributed by atoms with Crippen LogP contribution in [0, 0.1) is 5.92 Å². The third-order valence-electron chi connectivity index (χ3n) is 13.5. The molecule has 2 saturated heterocycles. The summed E-state index contributed by atoms with van der Waals surface area (Å²) in [5, 5.41) is 52.0. The van der Waals surface area contributed by atoms with Gasteiger partial charge >= 0.3 is 5.97 Å². The normalized spacial score (nSPS) is 22.2. The summed E-state index contributed by atoms with van der Waals surface area (Å²) in [6.45, 7) is 5.45. The third kappa shape index (κ3) is 19.5. The molecule has 27 nitrogen and oxygen atoms in total. The number of aromatic hydroxyl groups is 1. The lowest BCUT2D eigenvalue weighted by atomic mass is 10.0. The zero-order chi connectivity index (χ0) is 61.2. The molecule has 0 aliphatic carbocycles. The van der Waals surface area contributed by atoms with Crippen LogP contribution in [-0.4, -0.2) is 184 Å². The second-order valence-electron chi connectivity index (χ2n) is 20.7. The summed E-state index contributed by atoms with van der Waals surface area (Å²) in [5.41, 5.74) is 1.81. The van der Waals surface area contributed by atoms with Crippen molar-refractivity contribution in [1.82, 2.24) is 67.4 Å². The molecule has 0 saturated carbocycles. The van der Waals surface area contributed by atoms with E-state index in [0.29, 0.717) is 17.0 Å². The molecule has 6 rings (SSSR count). The number of hydrogen-bond acceptors (Lipinski definition) is 17. The number of aliphatic hydroxyl groups excluding tert-OH is 1. The highest BCUT2D eigenvalue weighted by molar-refractivity contribution is 8.76. The maximum atomic E-state index is 15.1. The molecule has 452 valence electrons. The van der Waals surface area contributed by atoms with Gasteiger partial charge < -0.3 is 72.7 Å². The van der Waals surface area contributed by atoms with E-state index in [1.54, 1.807) is 44.2 Å². The molecule has 2 unspecified atom stereocenters. The molecule has 2 fully saturated rings. The number of aromatic nitrogens is 4. The first kappa shape index (κ1) is 65.1. The topological polar surface area (TPSA) is 405 Å². The Balaban J connectivity index is 1.40. The maximum absolute atomic E-state index is 15.1. The van der Waals surface area contributed by atoms with Crippen LogP contribution in [0.5, 0.6) is 5.75 Å². The van der Waals surface area contributed by atoms with Crippen molar-refractivity contribution in [1.29, 1.82) is 0 Å². The van der Waals surface area contributed by atoms with E-state index in [9.17, 15) is 63.3 Å². The van der Waals surface area contributed by atoms with Crippen molar-refractivity contribution in [2.45, 2.75) is 133 Å². The van der Waals surface area contributed by atoms with Crippen molar-refractivity contribution >= 4 is 98.1 Å². The highest BCUT2D eigenvalue weighted by Crippen LogP contribution is 2.28. The Morgan fingerprint density at radius 3 is 1.94 bits per heavy atom. The van der Waals surface area contributed by atoms with E-state index in [2.05, 4.69) is 62.5 Å². The SMILES string of the molecule is CC(=O)N[C@@H](Cc1ccccc1)C(=O)N[C@@H](Cc1cnc[nH]1)C(=O)N[C@H]1CSSC[C@@H](C(=O)N[C@@H](Cc2cnc[nH]2)C(C)=O)NC(=O)[C@H](CC(C)C)NC(=O)[C@H](CC(=O)O)NC(=O)[C@H](Cc2ccc(O)c(Cl)c2)NC(=O)C2CC(O)CN2C1=O. The number of nitrogens with one attached hydrogen (secondary N) is 10. The van der Waals surface area contributed by atoms with Gasteiger partial charge in [0.05, 0.1) is 36.2 Å². The van der Waals surface area contributed by atoms with Gasteiger partial charge in [-0.3, -0.25) is 52.7 Å². The molecule has 0 radical (unpaired) electrons. The van der Waals surface area contributed by atoms with Crippen LogP contribution in [0.4, 0.5) is 0 Å². The van der Waals surface area contributed by atoms with Crippen LogP contribution in [0.3, 0.4) is 0 Å². The first-order valence-corrected chi connectivity index (χ1v) is 29.6. The predicted octanol–water partition coefficient (Wildman–Crippen LogP) is -0.873. The number of carboxylic acid groups (broad SMARTS) is 1. The minimum absolute atomic E-state index is 0.0215. The fraction of sp³-hybridized carbons (Fsp3) is 0.463. The van der Waals surface area contributed by atoms with Crippen molar-refractivity contribution in [3.05, 3.63) is 101 Å². The number of benzene rings is 2. The number of carboxylic acids is 1. The van der Waals surface area contributed by atoms with Gasteiger partial charge in [-0.05, 0) is 42.5 Å². The molecule has 30 heteroatoms. The van der Waals surface area contributed by atoms with E-state index in [0.717, 1.165) is 26.5 Å². The van der Waals surface area contributed by atoms with Gasteiger partial charge in [-0.25, -0.2) is 9.97 Å². The summed E-state index contributed by atoms with van der Waals surface area (Å²) in [6.07, 6.45) is 2.15. The minimum atomic E-state index is -1.89. The lowest BCUT2D eigenvalue weighted by Crippen LogP contribution is -2.61. The molecule has 0 spiro atoms.